The molecule has 0 atom stereocenters. The molecule has 1 aromatic carbocycles. The number of amides is 1. The molecule has 0 radical (unpaired) electrons. The fraction of sp³-hybridized carbons (Fsp3) is 0.474. The number of carbonyl (C=O) groups excluding carboxylic acids is 1. The molecule has 0 bridgehead atoms. The SMILES string of the molecule is Cc1c(C(=O)NCc2ccccc2CS(C)(=O)=O)cnn1C1CCCC1. The van der Waals surface area contributed by atoms with Gasteiger partial charge in [0, 0.05) is 18.5 Å². The Morgan fingerprint density at radius 2 is 1.88 bits per heavy atom. The van der Waals surface area contributed by atoms with E-state index in [1.165, 1.54) is 19.1 Å². The van der Waals surface area contributed by atoms with Crippen molar-refractivity contribution in [2.45, 2.75) is 50.9 Å². The summed E-state index contributed by atoms with van der Waals surface area (Å²) in [6.07, 6.45) is 7.49. The summed E-state index contributed by atoms with van der Waals surface area (Å²) >= 11 is 0. The first-order valence-corrected chi connectivity index (χ1v) is 11.0. The highest BCUT2D eigenvalue weighted by Gasteiger charge is 2.22. The second-order valence-corrected chi connectivity index (χ2v) is 9.19. The van der Waals surface area contributed by atoms with Crippen LogP contribution in [0.2, 0.25) is 0 Å². The third-order valence-electron chi connectivity index (χ3n) is 4.94. The van der Waals surface area contributed by atoms with Crippen molar-refractivity contribution in [1.29, 1.82) is 0 Å². The van der Waals surface area contributed by atoms with Gasteiger partial charge in [0.1, 0.15) is 0 Å². The molecule has 26 heavy (non-hydrogen) atoms. The fourth-order valence-corrected chi connectivity index (χ4v) is 4.43. The lowest BCUT2D eigenvalue weighted by Gasteiger charge is -2.13. The van der Waals surface area contributed by atoms with E-state index in [-0.39, 0.29) is 11.7 Å². The average molecular weight is 375 g/mol. The van der Waals surface area contributed by atoms with Crippen LogP contribution in [0.5, 0.6) is 0 Å². The minimum absolute atomic E-state index is 0.0301. The number of nitrogens with one attached hydrogen (secondary N) is 1. The molecule has 0 aliphatic heterocycles. The summed E-state index contributed by atoms with van der Waals surface area (Å²) in [5.74, 6) is -0.210. The molecule has 6 nitrogen and oxygen atoms in total. The highest BCUT2D eigenvalue weighted by Crippen LogP contribution is 2.30. The van der Waals surface area contributed by atoms with Crippen molar-refractivity contribution in [3.05, 3.63) is 52.8 Å². The van der Waals surface area contributed by atoms with Gasteiger partial charge >= 0.3 is 0 Å². The lowest BCUT2D eigenvalue weighted by Crippen LogP contribution is -2.24. The van der Waals surface area contributed by atoms with Crippen LogP contribution in [-0.2, 0) is 22.1 Å². The Balaban J connectivity index is 1.70. The van der Waals surface area contributed by atoms with Crippen LogP contribution in [0.1, 0.15) is 58.9 Å². The molecule has 140 valence electrons. The van der Waals surface area contributed by atoms with E-state index in [1.807, 2.05) is 29.8 Å². The molecule has 1 amide bonds. The maximum atomic E-state index is 12.6. The van der Waals surface area contributed by atoms with Gasteiger partial charge in [-0.15, -0.1) is 0 Å². The molecule has 1 aliphatic carbocycles. The first kappa shape index (κ1) is 18.6. The van der Waals surface area contributed by atoms with E-state index in [4.69, 9.17) is 0 Å². The van der Waals surface area contributed by atoms with Crippen LogP contribution in [0.4, 0.5) is 0 Å². The Labute approximate surface area is 154 Å². The standard InChI is InChI=1S/C19H25N3O3S/c1-14-18(12-21-22(14)17-9-5-6-10-17)19(23)20-11-15-7-3-4-8-16(15)13-26(2,24)25/h3-4,7-8,12,17H,5-6,9-11,13H2,1-2H3,(H,20,23). The Kier molecular flexibility index (Phi) is 5.46. The summed E-state index contributed by atoms with van der Waals surface area (Å²) in [5.41, 5.74) is 3.00. The van der Waals surface area contributed by atoms with Crippen LogP contribution >= 0.6 is 0 Å². The summed E-state index contributed by atoms with van der Waals surface area (Å²) in [6, 6.07) is 7.67. The summed E-state index contributed by atoms with van der Waals surface area (Å²) in [5, 5.41) is 7.32. The Bertz CT molecular complexity index is 897. The van der Waals surface area contributed by atoms with Gasteiger partial charge in [-0.3, -0.25) is 9.48 Å². The molecule has 0 saturated heterocycles. The third kappa shape index (κ3) is 4.33. The van der Waals surface area contributed by atoms with Gasteiger partial charge in [0.05, 0.1) is 23.6 Å². The normalized spacial score (nSPS) is 15.3. The number of rotatable bonds is 6. The van der Waals surface area contributed by atoms with Gasteiger partial charge in [-0.1, -0.05) is 37.1 Å². The number of carbonyl (C=O) groups is 1. The van der Waals surface area contributed by atoms with Gasteiger partial charge < -0.3 is 5.32 Å². The van der Waals surface area contributed by atoms with Crippen molar-refractivity contribution in [2.75, 3.05) is 6.26 Å². The molecule has 2 aromatic rings. The lowest BCUT2D eigenvalue weighted by molar-refractivity contribution is 0.0950. The van der Waals surface area contributed by atoms with Gasteiger partial charge in [-0.2, -0.15) is 5.10 Å². The quantitative estimate of drug-likeness (QED) is 0.842. The van der Waals surface area contributed by atoms with Crippen molar-refractivity contribution in [3.63, 3.8) is 0 Å². The summed E-state index contributed by atoms with van der Waals surface area (Å²) in [6.45, 7) is 2.22. The van der Waals surface area contributed by atoms with Crippen LogP contribution in [-0.4, -0.2) is 30.4 Å². The lowest BCUT2D eigenvalue weighted by atomic mass is 10.1. The van der Waals surface area contributed by atoms with E-state index >= 15 is 0 Å². The zero-order valence-electron chi connectivity index (χ0n) is 15.2. The number of sulfone groups is 1. The molecule has 1 heterocycles. The molecular weight excluding hydrogens is 350 g/mol. The Morgan fingerprint density at radius 3 is 2.54 bits per heavy atom. The van der Waals surface area contributed by atoms with Gasteiger partial charge in [0.25, 0.3) is 5.91 Å². The smallest absolute Gasteiger partial charge is 0.255 e. The Hall–Kier alpha value is -2.15. The molecular formula is C19H25N3O3S. The second kappa shape index (κ2) is 7.61. The van der Waals surface area contributed by atoms with E-state index in [1.54, 1.807) is 12.3 Å². The molecule has 1 fully saturated rings. The molecule has 7 heteroatoms. The van der Waals surface area contributed by atoms with E-state index in [0.29, 0.717) is 23.7 Å². The van der Waals surface area contributed by atoms with E-state index in [2.05, 4.69) is 10.4 Å². The summed E-state index contributed by atoms with van der Waals surface area (Å²) in [7, 11) is -3.13. The number of hydrogen-bond donors (Lipinski definition) is 1. The van der Waals surface area contributed by atoms with Gasteiger partial charge in [-0.25, -0.2) is 8.42 Å². The predicted octanol–water partition coefficient (Wildman–Crippen LogP) is 2.78. The van der Waals surface area contributed by atoms with E-state index < -0.39 is 9.84 Å². The average Bonchev–Trinajstić information content (AvgIpc) is 3.21. The number of aromatic nitrogens is 2. The van der Waals surface area contributed by atoms with Crippen LogP contribution in [0.25, 0.3) is 0 Å². The van der Waals surface area contributed by atoms with E-state index in [0.717, 1.165) is 24.1 Å². The summed E-state index contributed by atoms with van der Waals surface area (Å²) in [4.78, 5) is 12.6. The van der Waals surface area contributed by atoms with Gasteiger partial charge in [0.2, 0.25) is 0 Å². The van der Waals surface area contributed by atoms with Gasteiger partial charge in [-0.05, 0) is 30.9 Å². The van der Waals surface area contributed by atoms with Crippen LogP contribution in [0.3, 0.4) is 0 Å². The zero-order chi connectivity index (χ0) is 18.7. The third-order valence-corrected chi connectivity index (χ3v) is 5.77. The van der Waals surface area contributed by atoms with Crippen molar-refractivity contribution < 1.29 is 13.2 Å². The molecule has 0 unspecified atom stereocenters. The highest BCUT2D eigenvalue weighted by molar-refractivity contribution is 7.89. The predicted molar refractivity (Wildman–Crippen MR) is 101 cm³/mol. The molecule has 3 rings (SSSR count). The highest BCUT2D eigenvalue weighted by atomic mass is 32.2. The minimum atomic E-state index is -3.13. The molecule has 1 N–H and O–H groups in total. The maximum absolute atomic E-state index is 12.6. The molecule has 1 aliphatic rings. The minimum Gasteiger partial charge on any atom is -0.348 e. The topological polar surface area (TPSA) is 81.1 Å². The first-order chi connectivity index (χ1) is 12.3. The molecule has 1 saturated carbocycles. The molecule has 0 spiro atoms. The van der Waals surface area contributed by atoms with Crippen LogP contribution in [0.15, 0.2) is 30.5 Å². The van der Waals surface area contributed by atoms with Crippen LogP contribution < -0.4 is 5.32 Å². The number of nitrogens with zero attached hydrogens (tertiary/aromatic N) is 2. The van der Waals surface area contributed by atoms with Crippen molar-refractivity contribution >= 4 is 15.7 Å². The summed E-state index contributed by atoms with van der Waals surface area (Å²) < 4.78 is 25.1. The molecule has 1 aromatic heterocycles. The first-order valence-electron chi connectivity index (χ1n) is 8.92. The van der Waals surface area contributed by atoms with E-state index in [9.17, 15) is 13.2 Å². The second-order valence-electron chi connectivity index (χ2n) is 7.05. The monoisotopic (exact) mass is 375 g/mol. The fourth-order valence-electron chi connectivity index (χ4n) is 3.59. The van der Waals surface area contributed by atoms with Crippen molar-refractivity contribution in [3.8, 4) is 0 Å². The largest absolute Gasteiger partial charge is 0.348 e. The Morgan fingerprint density at radius 1 is 1.23 bits per heavy atom. The van der Waals surface area contributed by atoms with Crippen LogP contribution in [0, 0.1) is 6.92 Å². The zero-order valence-corrected chi connectivity index (χ0v) is 16.1. The number of benzene rings is 1. The van der Waals surface area contributed by atoms with Crippen molar-refractivity contribution in [2.24, 2.45) is 0 Å². The van der Waals surface area contributed by atoms with Gasteiger partial charge in [0.15, 0.2) is 9.84 Å². The van der Waals surface area contributed by atoms with Crippen molar-refractivity contribution in [1.82, 2.24) is 15.1 Å². The maximum Gasteiger partial charge on any atom is 0.255 e. The number of hydrogen-bond acceptors (Lipinski definition) is 4.